The van der Waals surface area contributed by atoms with Gasteiger partial charge in [-0.05, 0) is 11.6 Å². The van der Waals surface area contributed by atoms with Crippen molar-refractivity contribution in [2.75, 3.05) is 7.11 Å². The van der Waals surface area contributed by atoms with Gasteiger partial charge in [-0.25, -0.2) is 4.79 Å². The zero-order chi connectivity index (χ0) is 17.1. The summed E-state index contributed by atoms with van der Waals surface area (Å²) >= 11 is 3.48. The molecule has 1 aromatic carbocycles. The number of methoxy groups -OCH3 is 1. The number of hydrogen-bond donors (Lipinski definition) is 1. The topological polar surface area (TPSA) is 85.3 Å². The number of carbonyl (C=O) groups excluding carboxylic acids is 1. The Labute approximate surface area is 143 Å². The van der Waals surface area contributed by atoms with Crippen molar-refractivity contribution < 1.29 is 14.3 Å². The van der Waals surface area contributed by atoms with E-state index in [1.54, 1.807) is 0 Å². The van der Waals surface area contributed by atoms with Gasteiger partial charge in [0.05, 0.1) is 18.6 Å². The van der Waals surface area contributed by atoms with Gasteiger partial charge in [-0.2, -0.15) is 5.26 Å². The summed E-state index contributed by atoms with van der Waals surface area (Å²) in [6.45, 7) is 3.78. The molecule has 6 heteroatoms. The number of benzene rings is 1. The van der Waals surface area contributed by atoms with Crippen molar-refractivity contribution in [1.82, 2.24) is 0 Å². The fourth-order valence-corrected chi connectivity index (χ4v) is 3.07. The van der Waals surface area contributed by atoms with Gasteiger partial charge in [-0.3, -0.25) is 0 Å². The van der Waals surface area contributed by atoms with Crippen LogP contribution in [0.3, 0.4) is 0 Å². The minimum atomic E-state index is -0.630. The predicted molar refractivity (Wildman–Crippen MR) is 88.7 cm³/mol. The maximum atomic E-state index is 12.4. The maximum Gasteiger partial charge on any atom is 0.338 e. The number of halogens is 1. The summed E-state index contributed by atoms with van der Waals surface area (Å²) in [4.78, 5) is 12.4. The molecular weight excluding hydrogens is 360 g/mol. The molecule has 1 aromatic rings. The third-order valence-electron chi connectivity index (χ3n) is 3.59. The van der Waals surface area contributed by atoms with E-state index >= 15 is 0 Å². The van der Waals surface area contributed by atoms with E-state index in [1.807, 2.05) is 38.1 Å². The van der Waals surface area contributed by atoms with Gasteiger partial charge in [0.2, 0.25) is 5.88 Å². The standard InChI is InChI=1S/C17H17BrN2O3/c1-9(2)15-14(17(21)22-3)13(11(8-19)16(20)23-15)10-6-4-5-7-12(10)18/h4-7,9,13H,20H2,1-3H3. The van der Waals surface area contributed by atoms with Crippen molar-refractivity contribution in [3.8, 4) is 6.07 Å². The Morgan fingerprint density at radius 1 is 1.43 bits per heavy atom. The monoisotopic (exact) mass is 376 g/mol. The van der Waals surface area contributed by atoms with E-state index in [1.165, 1.54) is 7.11 Å². The molecule has 23 heavy (non-hydrogen) atoms. The van der Waals surface area contributed by atoms with Crippen LogP contribution in [-0.2, 0) is 14.3 Å². The summed E-state index contributed by atoms with van der Waals surface area (Å²) in [5.41, 5.74) is 7.19. The molecule has 1 heterocycles. The average Bonchev–Trinajstić information content (AvgIpc) is 2.53. The molecule has 1 aliphatic heterocycles. The highest BCUT2D eigenvalue weighted by molar-refractivity contribution is 9.10. The summed E-state index contributed by atoms with van der Waals surface area (Å²) in [6.07, 6.45) is 0. The first-order chi connectivity index (χ1) is 10.9. The summed E-state index contributed by atoms with van der Waals surface area (Å²) in [5, 5.41) is 9.52. The first-order valence-electron chi connectivity index (χ1n) is 7.06. The highest BCUT2D eigenvalue weighted by Gasteiger charge is 2.38. The van der Waals surface area contributed by atoms with Gasteiger partial charge >= 0.3 is 5.97 Å². The molecule has 0 aromatic heterocycles. The lowest BCUT2D eigenvalue weighted by atomic mass is 9.81. The van der Waals surface area contributed by atoms with Gasteiger partial charge in [0.15, 0.2) is 0 Å². The van der Waals surface area contributed by atoms with Gasteiger partial charge in [0, 0.05) is 10.4 Å². The zero-order valence-corrected chi connectivity index (χ0v) is 14.7. The molecule has 0 amide bonds. The second-order valence-corrected chi connectivity index (χ2v) is 6.22. The van der Waals surface area contributed by atoms with Crippen LogP contribution in [0.1, 0.15) is 25.3 Å². The largest absolute Gasteiger partial charge is 0.466 e. The zero-order valence-electron chi connectivity index (χ0n) is 13.1. The Morgan fingerprint density at radius 3 is 2.61 bits per heavy atom. The molecule has 0 aliphatic carbocycles. The summed E-state index contributed by atoms with van der Waals surface area (Å²) in [5.74, 6) is -0.810. The molecule has 0 bridgehead atoms. The van der Waals surface area contributed by atoms with Crippen LogP contribution in [0.15, 0.2) is 51.5 Å². The lowest BCUT2D eigenvalue weighted by Gasteiger charge is -2.29. The van der Waals surface area contributed by atoms with E-state index < -0.39 is 11.9 Å². The van der Waals surface area contributed by atoms with Crippen molar-refractivity contribution in [3.05, 3.63) is 57.1 Å². The smallest absolute Gasteiger partial charge is 0.338 e. The van der Waals surface area contributed by atoms with Crippen LogP contribution in [-0.4, -0.2) is 13.1 Å². The average molecular weight is 377 g/mol. The predicted octanol–water partition coefficient (Wildman–Crippen LogP) is 3.34. The molecule has 0 fully saturated rings. The number of ether oxygens (including phenoxy) is 2. The van der Waals surface area contributed by atoms with Crippen LogP contribution in [0.4, 0.5) is 0 Å². The van der Waals surface area contributed by atoms with E-state index in [9.17, 15) is 10.1 Å². The molecule has 1 atom stereocenters. The maximum absolute atomic E-state index is 12.4. The normalized spacial score (nSPS) is 17.8. The van der Waals surface area contributed by atoms with Crippen LogP contribution < -0.4 is 5.73 Å². The molecule has 0 spiro atoms. The van der Waals surface area contributed by atoms with Gasteiger partial charge in [-0.1, -0.05) is 48.0 Å². The number of esters is 1. The molecule has 0 saturated carbocycles. The van der Waals surface area contributed by atoms with E-state index in [-0.39, 0.29) is 17.4 Å². The summed E-state index contributed by atoms with van der Waals surface area (Å²) in [6, 6.07) is 9.45. The molecule has 1 aliphatic rings. The van der Waals surface area contributed by atoms with Gasteiger partial charge in [-0.15, -0.1) is 0 Å². The number of nitrogens with zero attached hydrogens (tertiary/aromatic N) is 1. The molecule has 0 saturated heterocycles. The Morgan fingerprint density at radius 2 is 2.09 bits per heavy atom. The van der Waals surface area contributed by atoms with Crippen LogP contribution in [0.2, 0.25) is 0 Å². The molecule has 1 unspecified atom stereocenters. The van der Waals surface area contributed by atoms with Crippen LogP contribution >= 0.6 is 15.9 Å². The Hall–Kier alpha value is -2.26. The van der Waals surface area contributed by atoms with Crippen LogP contribution in [0, 0.1) is 17.2 Å². The highest BCUT2D eigenvalue weighted by atomic mass is 79.9. The summed E-state index contributed by atoms with van der Waals surface area (Å²) in [7, 11) is 1.30. The molecule has 0 radical (unpaired) electrons. The van der Waals surface area contributed by atoms with Crippen molar-refractivity contribution >= 4 is 21.9 Å². The molecule has 5 nitrogen and oxygen atoms in total. The van der Waals surface area contributed by atoms with Gasteiger partial charge in [0.25, 0.3) is 0 Å². The van der Waals surface area contributed by atoms with Crippen molar-refractivity contribution in [3.63, 3.8) is 0 Å². The number of carbonyl (C=O) groups is 1. The highest BCUT2D eigenvalue weighted by Crippen LogP contribution is 2.43. The summed E-state index contributed by atoms with van der Waals surface area (Å²) < 4.78 is 11.3. The third kappa shape index (κ3) is 3.10. The lowest BCUT2D eigenvalue weighted by Crippen LogP contribution is -2.27. The van der Waals surface area contributed by atoms with Crippen molar-refractivity contribution in [1.29, 1.82) is 5.26 Å². The van der Waals surface area contributed by atoms with E-state index in [4.69, 9.17) is 15.2 Å². The molecule has 2 rings (SSSR count). The Balaban J connectivity index is 2.77. The van der Waals surface area contributed by atoms with Crippen molar-refractivity contribution in [2.24, 2.45) is 11.7 Å². The van der Waals surface area contributed by atoms with Crippen LogP contribution in [0.5, 0.6) is 0 Å². The first-order valence-corrected chi connectivity index (χ1v) is 7.86. The van der Waals surface area contributed by atoms with E-state index in [2.05, 4.69) is 22.0 Å². The van der Waals surface area contributed by atoms with E-state index in [0.29, 0.717) is 11.3 Å². The second kappa shape index (κ2) is 6.88. The fourth-order valence-electron chi connectivity index (χ4n) is 2.55. The quantitative estimate of drug-likeness (QED) is 0.817. The SMILES string of the molecule is COC(=O)C1=C(C(C)C)OC(N)=C(C#N)C1c1ccccc1Br. The number of rotatable bonds is 3. The third-order valence-corrected chi connectivity index (χ3v) is 4.32. The first kappa shape index (κ1) is 17.1. The molecule has 120 valence electrons. The van der Waals surface area contributed by atoms with Gasteiger partial charge in [0.1, 0.15) is 17.4 Å². The molecule has 2 N–H and O–H groups in total. The lowest BCUT2D eigenvalue weighted by molar-refractivity contribution is -0.136. The van der Waals surface area contributed by atoms with Crippen LogP contribution in [0.25, 0.3) is 0 Å². The number of nitrogens with two attached hydrogens (primary N) is 1. The second-order valence-electron chi connectivity index (χ2n) is 5.37. The number of allylic oxidation sites excluding steroid dienone is 2. The molecular formula is C17H17BrN2O3. The number of hydrogen-bond acceptors (Lipinski definition) is 5. The fraction of sp³-hybridized carbons (Fsp3) is 0.294. The number of nitriles is 1. The minimum Gasteiger partial charge on any atom is -0.466 e. The van der Waals surface area contributed by atoms with Gasteiger partial charge < -0.3 is 15.2 Å². The van der Waals surface area contributed by atoms with E-state index in [0.717, 1.165) is 10.0 Å². The van der Waals surface area contributed by atoms with Crippen molar-refractivity contribution in [2.45, 2.75) is 19.8 Å². The minimum absolute atomic E-state index is 0.0182. The Bertz CT molecular complexity index is 744. The Kier molecular flexibility index (Phi) is 5.12.